The van der Waals surface area contributed by atoms with E-state index in [1.165, 1.54) is 11.8 Å². The van der Waals surface area contributed by atoms with Gasteiger partial charge in [0.2, 0.25) is 0 Å². The molecule has 4 nitrogen and oxygen atoms in total. The molecule has 2 aliphatic rings. The van der Waals surface area contributed by atoms with Crippen LogP contribution >= 0.6 is 11.8 Å². The van der Waals surface area contributed by atoms with Crippen LogP contribution < -0.4 is 5.32 Å². The molecular formula is C9H12F2N2O2S. The van der Waals surface area contributed by atoms with Crippen LogP contribution in [0.5, 0.6) is 0 Å². The quantitative estimate of drug-likeness (QED) is 0.760. The Morgan fingerprint density at radius 3 is 2.69 bits per heavy atom. The van der Waals surface area contributed by atoms with Crippen molar-refractivity contribution in [3.63, 3.8) is 0 Å². The smallest absolute Gasteiger partial charge is 0.352 e. The lowest BCUT2D eigenvalue weighted by Crippen LogP contribution is -2.61. The summed E-state index contributed by atoms with van der Waals surface area (Å²) in [6.45, 7) is 0.524. The van der Waals surface area contributed by atoms with Crippen LogP contribution in [0.25, 0.3) is 0 Å². The number of nitrogens with zero attached hydrogens (tertiary/aromatic N) is 1. The van der Waals surface area contributed by atoms with Gasteiger partial charge in [-0.3, -0.25) is 9.79 Å². The summed E-state index contributed by atoms with van der Waals surface area (Å²) in [5.74, 6) is -4.51. The molecule has 1 amide bonds. The lowest BCUT2D eigenvalue weighted by molar-refractivity contribution is -0.214. The molecule has 7 heteroatoms. The van der Waals surface area contributed by atoms with Crippen LogP contribution in [-0.2, 0) is 4.79 Å². The third kappa shape index (κ3) is 1.82. The van der Waals surface area contributed by atoms with Gasteiger partial charge in [0.05, 0.1) is 6.54 Å². The zero-order valence-electron chi connectivity index (χ0n) is 8.50. The lowest BCUT2D eigenvalue weighted by atomic mass is 9.75. The number of thioether (sulfide) groups is 1. The molecule has 1 aliphatic heterocycles. The molecular weight excluding hydrogens is 238 g/mol. The fraction of sp³-hybridized carbons (Fsp3) is 0.778. The zero-order chi connectivity index (χ0) is 11.8. The van der Waals surface area contributed by atoms with Crippen LogP contribution in [0.2, 0.25) is 0 Å². The van der Waals surface area contributed by atoms with Gasteiger partial charge in [-0.1, -0.05) is 11.8 Å². The normalized spacial score (nSPS) is 23.6. The molecule has 0 bridgehead atoms. The van der Waals surface area contributed by atoms with Gasteiger partial charge in [0.15, 0.2) is 5.17 Å². The van der Waals surface area contributed by atoms with Gasteiger partial charge in [-0.15, -0.1) is 0 Å². The van der Waals surface area contributed by atoms with Crippen molar-refractivity contribution in [2.24, 2.45) is 4.99 Å². The Labute approximate surface area is 95.5 Å². The summed E-state index contributed by atoms with van der Waals surface area (Å²) in [5, 5.41) is 11.8. The second-order valence-electron chi connectivity index (χ2n) is 3.95. The summed E-state index contributed by atoms with van der Waals surface area (Å²) in [5.41, 5.74) is -2.17. The van der Waals surface area contributed by atoms with Gasteiger partial charge in [0.25, 0.3) is 5.91 Å². The Kier molecular flexibility index (Phi) is 2.91. The molecule has 0 aromatic rings. The maximum atomic E-state index is 13.6. The second-order valence-corrected chi connectivity index (χ2v) is 5.03. The first kappa shape index (κ1) is 11.8. The van der Waals surface area contributed by atoms with Crippen molar-refractivity contribution in [3.8, 4) is 0 Å². The van der Waals surface area contributed by atoms with Crippen molar-refractivity contribution < 1.29 is 18.7 Å². The number of hydrogen-bond donors (Lipinski definition) is 2. The molecule has 0 unspecified atom stereocenters. The first-order valence-electron chi connectivity index (χ1n) is 5.05. The predicted octanol–water partition coefficient (Wildman–Crippen LogP) is 0.756. The molecule has 2 N–H and O–H groups in total. The first-order valence-corrected chi connectivity index (χ1v) is 6.03. The summed E-state index contributed by atoms with van der Waals surface area (Å²) < 4.78 is 27.1. The van der Waals surface area contributed by atoms with Crippen LogP contribution in [0.3, 0.4) is 0 Å². The molecule has 0 spiro atoms. The van der Waals surface area contributed by atoms with E-state index < -0.39 is 17.4 Å². The van der Waals surface area contributed by atoms with Crippen molar-refractivity contribution in [1.29, 1.82) is 0 Å². The van der Waals surface area contributed by atoms with Gasteiger partial charge < -0.3 is 10.4 Å². The number of amides is 1. The Bertz CT molecular complexity index is 342. The number of hydrogen-bond acceptors (Lipinski definition) is 4. The Balaban J connectivity index is 2.02. The topological polar surface area (TPSA) is 61.7 Å². The summed E-state index contributed by atoms with van der Waals surface area (Å²) >= 11 is 1.23. The largest absolute Gasteiger partial charge is 0.383 e. The van der Waals surface area contributed by atoms with Crippen LogP contribution in [0.4, 0.5) is 8.78 Å². The maximum absolute atomic E-state index is 13.6. The minimum absolute atomic E-state index is 0.0347. The van der Waals surface area contributed by atoms with Crippen molar-refractivity contribution in [3.05, 3.63) is 0 Å². The fourth-order valence-electron chi connectivity index (χ4n) is 1.62. The standard InChI is InChI=1S/C9H12F2N2O2S/c10-9(11,8(15)2-1-3-8)6(14)13-7-12-4-5-16-7/h15H,1-5H2,(H,12,13,14). The molecule has 0 saturated heterocycles. The van der Waals surface area contributed by atoms with E-state index in [-0.39, 0.29) is 18.0 Å². The highest BCUT2D eigenvalue weighted by molar-refractivity contribution is 8.14. The summed E-state index contributed by atoms with van der Waals surface area (Å²) in [7, 11) is 0. The van der Waals surface area contributed by atoms with E-state index in [9.17, 15) is 18.7 Å². The lowest BCUT2D eigenvalue weighted by Gasteiger charge is -2.41. The van der Waals surface area contributed by atoms with Crippen molar-refractivity contribution in [1.82, 2.24) is 5.32 Å². The van der Waals surface area contributed by atoms with Crippen LogP contribution in [0.15, 0.2) is 4.99 Å². The van der Waals surface area contributed by atoms with Gasteiger partial charge in [0, 0.05) is 5.75 Å². The van der Waals surface area contributed by atoms with E-state index >= 15 is 0 Å². The van der Waals surface area contributed by atoms with Gasteiger partial charge in [0.1, 0.15) is 5.60 Å². The van der Waals surface area contributed by atoms with E-state index in [0.29, 0.717) is 18.7 Å². The number of aliphatic hydroxyl groups is 1. The molecule has 0 aromatic carbocycles. The molecule has 1 fully saturated rings. The molecule has 0 aromatic heterocycles. The van der Waals surface area contributed by atoms with Crippen LogP contribution in [0, 0.1) is 0 Å². The minimum atomic E-state index is -3.74. The average Bonchev–Trinajstić information content (AvgIpc) is 2.66. The van der Waals surface area contributed by atoms with Crippen LogP contribution in [-0.4, -0.2) is 40.0 Å². The molecule has 1 aliphatic carbocycles. The highest BCUT2D eigenvalue weighted by Crippen LogP contribution is 2.44. The molecule has 16 heavy (non-hydrogen) atoms. The first-order chi connectivity index (χ1) is 7.46. The SMILES string of the molecule is O=C(NC1=NCCS1)C(F)(F)C1(O)CCC1. The fourth-order valence-corrected chi connectivity index (χ4v) is 2.35. The van der Waals surface area contributed by atoms with Crippen molar-refractivity contribution in [2.45, 2.75) is 30.8 Å². The number of alkyl halides is 2. The number of aliphatic imine (C=N–C) groups is 1. The summed E-state index contributed by atoms with van der Waals surface area (Å²) in [6, 6.07) is 0. The van der Waals surface area contributed by atoms with Crippen molar-refractivity contribution in [2.75, 3.05) is 12.3 Å². The third-order valence-electron chi connectivity index (χ3n) is 2.86. The summed E-state index contributed by atoms with van der Waals surface area (Å²) in [6.07, 6.45) is 0.454. The van der Waals surface area contributed by atoms with Gasteiger partial charge in [-0.05, 0) is 19.3 Å². The third-order valence-corrected chi connectivity index (χ3v) is 3.75. The summed E-state index contributed by atoms with van der Waals surface area (Å²) in [4.78, 5) is 15.2. The monoisotopic (exact) mass is 250 g/mol. The zero-order valence-corrected chi connectivity index (χ0v) is 9.32. The van der Waals surface area contributed by atoms with Crippen LogP contribution in [0.1, 0.15) is 19.3 Å². The maximum Gasteiger partial charge on any atom is 0.352 e. The van der Waals surface area contributed by atoms with Gasteiger partial charge in [-0.2, -0.15) is 8.78 Å². The molecule has 0 radical (unpaired) electrons. The number of nitrogens with one attached hydrogen (secondary N) is 1. The molecule has 90 valence electrons. The highest BCUT2D eigenvalue weighted by Gasteiger charge is 2.61. The number of rotatable bonds is 2. The van der Waals surface area contributed by atoms with E-state index in [1.54, 1.807) is 0 Å². The van der Waals surface area contributed by atoms with Crippen molar-refractivity contribution >= 4 is 22.8 Å². The molecule has 1 saturated carbocycles. The Morgan fingerprint density at radius 2 is 2.25 bits per heavy atom. The highest BCUT2D eigenvalue weighted by atomic mass is 32.2. The number of halogens is 2. The van der Waals surface area contributed by atoms with E-state index in [4.69, 9.17) is 0 Å². The number of carbonyl (C=O) groups is 1. The van der Waals surface area contributed by atoms with Gasteiger partial charge >= 0.3 is 5.92 Å². The Morgan fingerprint density at radius 1 is 1.56 bits per heavy atom. The molecule has 0 atom stereocenters. The van der Waals surface area contributed by atoms with E-state index in [1.807, 2.05) is 0 Å². The Hall–Kier alpha value is -0.690. The average molecular weight is 250 g/mol. The second kappa shape index (κ2) is 3.96. The van der Waals surface area contributed by atoms with Gasteiger partial charge in [-0.25, -0.2) is 0 Å². The number of carbonyl (C=O) groups excluding carboxylic acids is 1. The molecule has 1 heterocycles. The minimum Gasteiger partial charge on any atom is -0.383 e. The van der Waals surface area contributed by atoms with E-state index in [0.717, 1.165) is 0 Å². The predicted molar refractivity (Wildman–Crippen MR) is 56.7 cm³/mol. The number of amidine groups is 1. The molecule has 2 rings (SSSR count). The van der Waals surface area contributed by atoms with E-state index in [2.05, 4.69) is 10.3 Å².